The second-order valence-electron chi connectivity index (χ2n) is 7.40. The number of anilines is 2. The van der Waals surface area contributed by atoms with Gasteiger partial charge < -0.3 is 15.5 Å². The molecule has 0 aromatic heterocycles. The Morgan fingerprint density at radius 1 is 0.906 bits per heavy atom. The highest BCUT2D eigenvalue weighted by atomic mass is 19.1. The summed E-state index contributed by atoms with van der Waals surface area (Å²) in [6, 6.07) is 17.0. The van der Waals surface area contributed by atoms with E-state index >= 15 is 0 Å². The van der Waals surface area contributed by atoms with Gasteiger partial charge in [0.05, 0.1) is 5.56 Å². The van der Waals surface area contributed by atoms with Crippen molar-refractivity contribution < 1.29 is 18.4 Å². The number of benzene rings is 3. The van der Waals surface area contributed by atoms with E-state index in [1.807, 2.05) is 31.1 Å². The lowest BCUT2D eigenvalue weighted by atomic mass is 10.1. The minimum absolute atomic E-state index is 0.114. The number of hydrogen-bond acceptors (Lipinski definition) is 3. The van der Waals surface area contributed by atoms with E-state index in [-0.39, 0.29) is 16.9 Å². The highest BCUT2D eigenvalue weighted by Gasteiger charge is 2.17. The zero-order valence-corrected chi connectivity index (χ0v) is 17.9. The number of aryl methyl sites for hydroxylation is 1. The van der Waals surface area contributed by atoms with Gasteiger partial charge >= 0.3 is 0 Å². The van der Waals surface area contributed by atoms with E-state index in [0.29, 0.717) is 11.1 Å². The highest BCUT2D eigenvalue weighted by Crippen LogP contribution is 2.17. The molecule has 0 saturated heterocycles. The lowest BCUT2D eigenvalue weighted by molar-refractivity contribution is -0.113. The number of nitrogens with zero attached hydrogens (tertiary/aromatic N) is 1. The van der Waals surface area contributed by atoms with Gasteiger partial charge in [-0.1, -0.05) is 30.3 Å². The van der Waals surface area contributed by atoms with Crippen LogP contribution in [0.1, 0.15) is 21.5 Å². The molecule has 0 bridgehead atoms. The molecule has 0 heterocycles. The number of carbonyl (C=O) groups is 2. The van der Waals surface area contributed by atoms with Crippen molar-refractivity contribution in [2.75, 3.05) is 24.3 Å². The molecule has 164 valence electrons. The molecule has 0 radical (unpaired) electrons. The van der Waals surface area contributed by atoms with E-state index in [9.17, 15) is 18.4 Å². The minimum atomic E-state index is -0.774. The third-order valence-electron chi connectivity index (χ3n) is 4.76. The van der Waals surface area contributed by atoms with Gasteiger partial charge in [0.15, 0.2) is 0 Å². The average molecular weight is 435 g/mol. The quantitative estimate of drug-likeness (QED) is 0.550. The van der Waals surface area contributed by atoms with E-state index in [2.05, 4.69) is 10.6 Å². The van der Waals surface area contributed by atoms with Crippen LogP contribution in [0.25, 0.3) is 6.08 Å². The maximum atomic E-state index is 14.0. The largest absolute Gasteiger partial charge is 0.378 e. The summed E-state index contributed by atoms with van der Waals surface area (Å²) in [5.41, 5.74) is 1.95. The lowest BCUT2D eigenvalue weighted by Crippen LogP contribution is -2.31. The number of rotatable bonds is 6. The molecule has 2 amide bonds. The Hall–Kier alpha value is -4.00. The second kappa shape index (κ2) is 9.87. The van der Waals surface area contributed by atoms with Crippen molar-refractivity contribution in [1.29, 1.82) is 0 Å². The number of nitrogens with one attached hydrogen (secondary N) is 2. The first kappa shape index (κ1) is 22.7. The van der Waals surface area contributed by atoms with Crippen LogP contribution < -0.4 is 15.5 Å². The fourth-order valence-corrected chi connectivity index (χ4v) is 2.90. The summed E-state index contributed by atoms with van der Waals surface area (Å²) < 4.78 is 27.9. The smallest absolute Gasteiger partial charge is 0.272 e. The van der Waals surface area contributed by atoms with Crippen molar-refractivity contribution in [1.82, 2.24) is 5.32 Å². The summed E-state index contributed by atoms with van der Waals surface area (Å²) in [4.78, 5) is 27.5. The Labute approximate surface area is 185 Å². The molecule has 0 aliphatic rings. The molecule has 0 atom stereocenters. The highest BCUT2D eigenvalue weighted by molar-refractivity contribution is 6.10. The number of hydrogen-bond donors (Lipinski definition) is 2. The fourth-order valence-electron chi connectivity index (χ4n) is 2.90. The van der Waals surface area contributed by atoms with Gasteiger partial charge in [-0.25, -0.2) is 8.78 Å². The summed E-state index contributed by atoms with van der Waals surface area (Å²) in [7, 11) is 3.80. The molecule has 7 heteroatoms. The third-order valence-corrected chi connectivity index (χ3v) is 4.76. The summed E-state index contributed by atoms with van der Waals surface area (Å²) in [5, 5.41) is 5.04. The predicted octanol–water partition coefficient (Wildman–Crippen LogP) is 4.75. The summed E-state index contributed by atoms with van der Waals surface area (Å²) in [6.45, 7) is 1.61. The molecule has 0 saturated carbocycles. The molecule has 0 aliphatic heterocycles. The van der Waals surface area contributed by atoms with Gasteiger partial charge in [0, 0.05) is 25.5 Å². The van der Waals surface area contributed by atoms with Crippen molar-refractivity contribution in [3.63, 3.8) is 0 Å². The van der Waals surface area contributed by atoms with Crippen LogP contribution in [0.4, 0.5) is 20.2 Å². The van der Waals surface area contributed by atoms with Crippen LogP contribution in [0.5, 0.6) is 0 Å². The van der Waals surface area contributed by atoms with Crippen molar-refractivity contribution in [3.8, 4) is 0 Å². The van der Waals surface area contributed by atoms with Gasteiger partial charge in [-0.05, 0) is 60.5 Å². The normalized spacial score (nSPS) is 11.1. The summed E-state index contributed by atoms with van der Waals surface area (Å²) >= 11 is 0. The first-order valence-corrected chi connectivity index (χ1v) is 9.87. The number of amides is 2. The monoisotopic (exact) mass is 435 g/mol. The topological polar surface area (TPSA) is 61.4 Å². The van der Waals surface area contributed by atoms with E-state index in [1.165, 1.54) is 36.4 Å². The second-order valence-corrected chi connectivity index (χ2v) is 7.40. The van der Waals surface area contributed by atoms with Crippen molar-refractivity contribution in [2.45, 2.75) is 6.92 Å². The Morgan fingerprint density at radius 2 is 1.59 bits per heavy atom. The van der Waals surface area contributed by atoms with Crippen LogP contribution in [0.2, 0.25) is 0 Å². The lowest BCUT2D eigenvalue weighted by Gasteiger charge is -2.14. The third kappa shape index (κ3) is 5.57. The van der Waals surface area contributed by atoms with E-state index < -0.39 is 23.4 Å². The Balaban J connectivity index is 1.92. The van der Waals surface area contributed by atoms with Gasteiger partial charge in [0.1, 0.15) is 17.3 Å². The predicted molar refractivity (Wildman–Crippen MR) is 122 cm³/mol. The fraction of sp³-hybridized carbons (Fsp3) is 0.120. The molecule has 3 aromatic rings. The molecule has 0 spiro atoms. The van der Waals surface area contributed by atoms with Gasteiger partial charge in [-0.2, -0.15) is 0 Å². The number of halogens is 2. The Kier molecular flexibility index (Phi) is 7.00. The zero-order valence-electron chi connectivity index (χ0n) is 17.9. The molecule has 3 aromatic carbocycles. The van der Waals surface area contributed by atoms with Crippen molar-refractivity contribution >= 4 is 29.3 Å². The van der Waals surface area contributed by atoms with Gasteiger partial charge in [-0.15, -0.1) is 0 Å². The summed E-state index contributed by atoms with van der Waals surface area (Å²) in [5.74, 6) is -2.62. The van der Waals surface area contributed by atoms with Crippen LogP contribution in [0.3, 0.4) is 0 Å². The minimum Gasteiger partial charge on any atom is -0.378 e. The molecule has 0 fully saturated rings. The van der Waals surface area contributed by atoms with Crippen molar-refractivity contribution in [2.24, 2.45) is 0 Å². The van der Waals surface area contributed by atoms with Gasteiger partial charge in [-0.3, -0.25) is 9.59 Å². The molecule has 3 rings (SSSR count). The summed E-state index contributed by atoms with van der Waals surface area (Å²) in [6.07, 6.45) is 1.47. The molecular weight excluding hydrogens is 412 g/mol. The Morgan fingerprint density at radius 3 is 2.22 bits per heavy atom. The van der Waals surface area contributed by atoms with Crippen LogP contribution in [-0.2, 0) is 4.79 Å². The van der Waals surface area contributed by atoms with E-state index in [0.717, 1.165) is 11.8 Å². The molecule has 0 aliphatic carbocycles. The maximum absolute atomic E-state index is 14.0. The van der Waals surface area contributed by atoms with Crippen molar-refractivity contribution in [3.05, 3.63) is 101 Å². The molecular formula is C25H23F2N3O2. The van der Waals surface area contributed by atoms with Gasteiger partial charge in [0.2, 0.25) is 0 Å². The van der Waals surface area contributed by atoms with Crippen LogP contribution in [0.15, 0.2) is 72.4 Å². The average Bonchev–Trinajstić information content (AvgIpc) is 2.76. The molecule has 2 N–H and O–H groups in total. The first-order chi connectivity index (χ1) is 15.2. The Bertz CT molecular complexity index is 1170. The molecule has 32 heavy (non-hydrogen) atoms. The van der Waals surface area contributed by atoms with Crippen LogP contribution >= 0.6 is 0 Å². The van der Waals surface area contributed by atoms with E-state index in [4.69, 9.17) is 0 Å². The number of carbonyl (C=O) groups excluding carboxylic acids is 2. The first-order valence-electron chi connectivity index (χ1n) is 9.87. The van der Waals surface area contributed by atoms with Crippen LogP contribution in [0, 0.1) is 18.6 Å². The van der Waals surface area contributed by atoms with Crippen LogP contribution in [-0.4, -0.2) is 25.9 Å². The standard InChI is InChI=1S/C25H23F2N3O2/c1-16-8-11-18(15-22(16)27)28-25(32)23(14-17-9-12-19(13-10-17)30(2)3)29-24(31)20-6-4-5-7-21(20)26/h4-15H,1-3H3,(H,28,32)(H,29,31)/b23-14-. The van der Waals surface area contributed by atoms with Gasteiger partial charge in [0.25, 0.3) is 11.8 Å². The molecule has 5 nitrogen and oxygen atoms in total. The molecule has 0 unspecified atom stereocenters. The maximum Gasteiger partial charge on any atom is 0.272 e. The SMILES string of the molecule is Cc1ccc(NC(=O)/C(=C/c2ccc(N(C)C)cc2)NC(=O)c2ccccc2F)cc1F. The zero-order chi connectivity index (χ0) is 23.3. The van der Waals surface area contributed by atoms with E-state index in [1.54, 1.807) is 25.1 Å².